The molecule has 0 aromatic heterocycles. The fourth-order valence-electron chi connectivity index (χ4n) is 2.13. The molecule has 0 aromatic rings. The van der Waals surface area contributed by atoms with E-state index in [1.807, 2.05) is 20.8 Å². The Kier molecular flexibility index (Phi) is 5.37. The van der Waals surface area contributed by atoms with Crippen LogP contribution in [-0.4, -0.2) is 59.5 Å². The molecule has 4 N–H and O–H groups in total. The van der Waals surface area contributed by atoms with Crippen LogP contribution in [0.15, 0.2) is 5.16 Å². The van der Waals surface area contributed by atoms with E-state index >= 15 is 0 Å². The molecule has 0 radical (unpaired) electrons. The number of aliphatic hydroxyl groups is 1. The van der Waals surface area contributed by atoms with Gasteiger partial charge in [-0.05, 0) is 19.9 Å². The van der Waals surface area contributed by atoms with Gasteiger partial charge in [0, 0.05) is 18.5 Å². The van der Waals surface area contributed by atoms with Crippen LogP contribution >= 0.6 is 0 Å². The molecule has 1 saturated heterocycles. The van der Waals surface area contributed by atoms with Crippen molar-refractivity contribution in [1.29, 1.82) is 0 Å². The van der Waals surface area contributed by atoms with Crippen LogP contribution in [0.4, 0.5) is 0 Å². The summed E-state index contributed by atoms with van der Waals surface area (Å²) in [4.78, 5) is 2.25. The third-order valence-electron chi connectivity index (χ3n) is 3.46. The van der Waals surface area contributed by atoms with E-state index in [1.54, 1.807) is 0 Å². The molecule has 18 heavy (non-hydrogen) atoms. The first-order chi connectivity index (χ1) is 8.39. The van der Waals surface area contributed by atoms with Crippen LogP contribution in [0.25, 0.3) is 0 Å². The van der Waals surface area contributed by atoms with Crippen molar-refractivity contribution in [1.82, 2.24) is 4.90 Å². The lowest BCUT2D eigenvalue weighted by molar-refractivity contribution is -0.0960. The molecular weight excluding hydrogens is 234 g/mol. The van der Waals surface area contributed by atoms with Gasteiger partial charge in [-0.2, -0.15) is 0 Å². The summed E-state index contributed by atoms with van der Waals surface area (Å²) >= 11 is 0. The highest BCUT2D eigenvalue weighted by molar-refractivity contribution is 5.85. The summed E-state index contributed by atoms with van der Waals surface area (Å²) < 4.78 is 5.59. The summed E-state index contributed by atoms with van der Waals surface area (Å²) in [5.74, 6) is 0.252. The largest absolute Gasteiger partial charge is 0.409 e. The maximum atomic E-state index is 9.16. The van der Waals surface area contributed by atoms with Gasteiger partial charge in [-0.3, -0.25) is 4.90 Å². The second-order valence-corrected chi connectivity index (χ2v) is 5.63. The second-order valence-electron chi connectivity index (χ2n) is 5.63. The number of nitrogens with two attached hydrogens (primary N) is 1. The Balaban J connectivity index is 2.48. The summed E-state index contributed by atoms with van der Waals surface area (Å²) in [6, 6.07) is 0. The van der Waals surface area contributed by atoms with Crippen LogP contribution in [0, 0.1) is 5.41 Å². The van der Waals surface area contributed by atoms with Crippen LogP contribution in [0.5, 0.6) is 0 Å². The number of amidine groups is 1. The van der Waals surface area contributed by atoms with E-state index in [1.165, 1.54) is 0 Å². The fraction of sp³-hybridized carbons (Fsp3) is 0.917. The minimum Gasteiger partial charge on any atom is -0.409 e. The number of hydrogen-bond acceptors (Lipinski definition) is 5. The Labute approximate surface area is 108 Å². The Hall–Kier alpha value is -0.850. The molecule has 2 atom stereocenters. The van der Waals surface area contributed by atoms with Gasteiger partial charge in [-0.25, -0.2) is 0 Å². The molecule has 0 bridgehead atoms. The summed E-state index contributed by atoms with van der Waals surface area (Å²) in [6.45, 7) is 8.38. The third-order valence-corrected chi connectivity index (χ3v) is 3.46. The van der Waals surface area contributed by atoms with Crippen molar-refractivity contribution in [3.63, 3.8) is 0 Å². The van der Waals surface area contributed by atoms with Crippen molar-refractivity contribution in [2.75, 3.05) is 26.2 Å². The zero-order valence-corrected chi connectivity index (χ0v) is 11.5. The van der Waals surface area contributed by atoms with Crippen molar-refractivity contribution in [2.45, 2.75) is 39.4 Å². The Morgan fingerprint density at radius 1 is 1.50 bits per heavy atom. The predicted octanol–water partition coefficient (Wildman–Crippen LogP) is 0.231. The molecule has 0 aromatic carbocycles. The predicted molar refractivity (Wildman–Crippen MR) is 69.7 cm³/mol. The van der Waals surface area contributed by atoms with E-state index in [4.69, 9.17) is 20.8 Å². The molecule has 106 valence electrons. The van der Waals surface area contributed by atoms with Crippen LogP contribution in [0.2, 0.25) is 0 Å². The number of aliphatic hydroxyl groups excluding tert-OH is 1. The first kappa shape index (κ1) is 15.2. The molecule has 0 spiro atoms. The standard InChI is InChI=1S/C12H25N3O3/c1-9-6-15(7-10(8-16)18-9)5-4-12(2,3)11(13)14-17/h9-10,16-17H,4-8H2,1-3H3,(H2,13,14). The summed E-state index contributed by atoms with van der Waals surface area (Å²) in [5.41, 5.74) is 5.34. The van der Waals surface area contributed by atoms with Crippen LogP contribution in [0.1, 0.15) is 27.2 Å². The van der Waals surface area contributed by atoms with Gasteiger partial charge in [0.15, 0.2) is 0 Å². The molecule has 6 nitrogen and oxygen atoms in total. The van der Waals surface area contributed by atoms with Crippen LogP contribution in [-0.2, 0) is 4.74 Å². The van der Waals surface area contributed by atoms with Gasteiger partial charge in [0.2, 0.25) is 0 Å². The molecule has 1 fully saturated rings. The lowest BCUT2D eigenvalue weighted by atomic mass is 9.87. The monoisotopic (exact) mass is 259 g/mol. The topological polar surface area (TPSA) is 91.3 Å². The van der Waals surface area contributed by atoms with Crippen LogP contribution < -0.4 is 5.73 Å². The molecule has 2 unspecified atom stereocenters. The van der Waals surface area contributed by atoms with Crippen molar-refractivity contribution in [2.24, 2.45) is 16.3 Å². The summed E-state index contributed by atoms with van der Waals surface area (Å²) in [6.07, 6.45) is 0.817. The van der Waals surface area contributed by atoms with Gasteiger partial charge in [-0.15, -0.1) is 0 Å². The van der Waals surface area contributed by atoms with Gasteiger partial charge in [0.25, 0.3) is 0 Å². The van der Waals surface area contributed by atoms with Gasteiger partial charge in [-0.1, -0.05) is 19.0 Å². The van der Waals surface area contributed by atoms with Gasteiger partial charge >= 0.3 is 0 Å². The highest BCUT2D eigenvalue weighted by Crippen LogP contribution is 2.22. The van der Waals surface area contributed by atoms with Crippen molar-refractivity contribution in [3.05, 3.63) is 0 Å². The Bertz CT molecular complexity index is 294. The quantitative estimate of drug-likeness (QED) is 0.284. The lowest BCUT2D eigenvalue weighted by Crippen LogP contribution is -2.49. The van der Waals surface area contributed by atoms with E-state index in [9.17, 15) is 0 Å². The fourth-order valence-corrected chi connectivity index (χ4v) is 2.13. The number of ether oxygens (including phenoxy) is 1. The molecule has 1 aliphatic rings. The van der Waals surface area contributed by atoms with E-state index in [2.05, 4.69) is 10.1 Å². The average Bonchev–Trinajstić information content (AvgIpc) is 2.34. The molecular formula is C12H25N3O3. The maximum absolute atomic E-state index is 9.16. The summed E-state index contributed by atoms with van der Waals surface area (Å²) in [5, 5.41) is 21.0. The average molecular weight is 259 g/mol. The Morgan fingerprint density at radius 3 is 2.72 bits per heavy atom. The first-order valence-electron chi connectivity index (χ1n) is 6.35. The zero-order chi connectivity index (χ0) is 13.8. The van der Waals surface area contributed by atoms with E-state index in [-0.39, 0.29) is 30.1 Å². The van der Waals surface area contributed by atoms with E-state index in [0.29, 0.717) is 0 Å². The number of morpholine rings is 1. The number of hydrogen-bond donors (Lipinski definition) is 3. The molecule has 6 heteroatoms. The smallest absolute Gasteiger partial charge is 0.144 e. The number of oxime groups is 1. The maximum Gasteiger partial charge on any atom is 0.144 e. The molecule has 0 aliphatic carbocycles. The molecule has 0 saturated carbocycles. The highest BCUT2D eigenvalue weighted by atomic mass is 16.5. The van der Waals surface area contributed by atoms with Crippen LogP contribution in [0.3, 0.4) is 0 Å². The zero-order valence-electron chi connectivity index (χ0n) is 11.5. The van der Waals surface area contributed by atoms with Gasteiger partial charge < -0.3 is 20.8 Å². The minimum absolute atomic E-state index is 0.0461. The normalized spacial score (nSPS) is 27.4. The molecule has 0 amide bonds. The number of rotatable bonds is 5. The van der Waals surface area contributed by atoms with Crippen molar-refractivity contribution >= 4 is 5.84 Å². The minimum atomic E-state index is -0.328. The lowest BCUT2D eigenvalue weighted by Gasteiger charge is -2.37. The molecule has 1 aliphatic heterocycles. The molecule has 1 heterocycles. The first-order valence-corrected chi connectivity index (χ1v) is 6.35. The molecule has 1 rings (SSSR count). The third kappa shape index (κ3) is 4.12. The van der Waals surface area contributed by atoms with E-state index in [0.717, 1.165) is 26.1 Å². The SMILES string of the molecule is CC1CN(CCC(C)(C)C(N)=NO)CC(CO)O1. The second kappa shape index (κ2) is 6.36. The van der Waals surface area contributed by atoms with E-state index < -0.39 is 0 Å². The highest BCUT2D eigenvalue weighted by Gasteiger charge is 2.28. The van der Waals surface area contributed by atoms with Gasteiger partial charge in [0.05, 0.1) is 18.8 Å². The van der Waals surface area contributed by atoms with Gasteiger partial charge in [0.1, 0.15) is 5.84 Å². The van der Waals surface area contributed by atoms with Crippen molar-refractivity contribution in [3.8, 4) is 0 Å². The number of nitrogens with zero attached hydrogens (tertiary/aromatic N) is 2. The summed E-state index contributed by atoms with van der Waals surface area (Å²) in [7, 11) is 0. The van der Waals surface area contributed by atoms with Crippen molar-refractivity contribution < 1.29 is 15.1 Å². The Morgan fingerprint density at radius 2 is 2.17 bits per heavy atom.